The van der Waals surface area contributed by atoms with Gasteiger partial charge in [-0.05, 0) is 47.2 Å². The highest BCUT2D eigenvalue weighted by Gasteiger charge is 2.47. The summed E-state index contributed by atoms with van der Waals surface area (Å²) >= 11 is 0. The quantitative estimate of drug-likeness (QED) is 0.220. The number of Topliss-reactive ketones (excluding diaryl/α,β-unsaturated/α-hetero) is 1. The molecule has 4 aromatic carbocycles. The average molecular weight is 493 g/mol. The highest BCUT2D eigenvalue weighted by molar-refractivity contribution is 6.51. The number of nitrogens with zero attached hydrogens (tertiary/aromatic N) is 1. The molecule has 0 saturated carbocycles. The van der Waals surface area contributed by atoms with Gasteiger partial charge in [-0.15, -0.1) is 0 Å². The van der Waals surface area contributed by atoms with E-state index in [-0.39, 0.29) is 17.2 Å². The molecule has 0 radical (unpaired) electrons. The zero-order chi connectivity index (χ0) is 26.1. The van der Waals surface area contributed by atoms with Crippen molar-refractivity contribution in [1.29, 1.82) is 0 Å². The summed E-state index contributed by atoms with van der Waals surface area (Å²) in [5.74, 6) is -1.59. The van der Waals surface area contributed by atoms with Crippen LogP contribution in [-0.4, -0.2) is 29.8 Å². The lowest BCUT2D eigenvalue weighted by molar-refractivity contribution is -0.132. The number of benzene rings is 4. The molecule has 5 rings (SSSR count). The summed E-state index contributed by atoms with van der Waals surface area (Å²) in [5, 5.41) is 16.0. The van der Waals surface area contributed by atoms with E-state index in [0.29, 0.717) is 28.3 Å². The number of fused-ring (bicyclic) bond motifs is 1. The van der Waals surface area contributed by atoms with Gasteiger partial charge in [0, 0.05) is 29.4 Å². The number of para-hydroxylation sites is 1. The summed E-state index contributed by atoms with van der Waals surface area (Å²) in [6, 6.07) is 25.8. The van der Waals surface area contributed by atoms with Gasteiger partial charge in [-0.2, -0.15) is 0 Å². The first kappa shape index (κ1) is 23.8. The monoisotopic (exact) mass is 492 g/mol. The molecule has 7 nitrogen and oxygen atoms in total. The minimum absolute atomic E-state index is 0.0317. The Morgan fingerprint density at radius 3 is 2.27 bits per heavy atom. The summed E-state index contributed by atoms with van der Waals surface area (Å²) in [7, 11) is 1.51. The number of hydrogen-bond acceptors (Lipinski definition) is 5. The molecule has 4 aromatic rings. The molecule has 0 aromatic heterocycles. The number of carbonyl (C=O) groups is 3. The fourth-order valence-corrected chi connectivity index (χ4v) is 4.69. The summed E-state index contributed by atoms with van der Waals surface area (Å²) < 4.78 is 5.57. The molecule has 37 heavy (non-hydrogen) atoms. The molecule has 1 aliphatic heterocycles. The summed E-state index contributed by atoms with van der Waals surface area (Å²) in [4.78, 5) is 39.7. The second-order valence-corrected chi connectivity index (χ2v) is 8.70. The van der Waals surface area contributed by atoms with E-state index in [1.807, 2.05) is 30.3 Å². The summed E-state index contributed by atoms with van der Waals surface area (Å²) in [6.07, 6.45) is 0. The number of aliphatic hydroxyl groups excluding tert-OH is 1. The molecule has 7 heteroatoms. The van der Waals surface area contributed by atoms with Crippen molar-refractivity contribution in [2.24, 2.45) is 0 Å². The van der Waals surface area contributed by atoms with Crippen LogP contribution in [0.15, 0.2) is 96.6 Å². The van der Waals surface area contributed by atoms with Gasteiger partial charge in [0.1, 0.15) is 11.5 Å². The van der Waals surface area contributed by atoms with Crippen LogP contribution in [0.2, 0.25) is 0 Å². The number of hydrogen-bond donors (Lipinski definition) is 2. The molecule has 2 amide bonds. The summed E-state index contributed by atoms with van der Waals surface area (Å²) in [6.45, 7) is 1.40. The number of nitrogens with one attached hydrogen (secondary N) is 1. The van der Waals surface area contributed by atoms with Gasteiger partial charge in [0.2, 0.25) is 5.91 Å². The van der Waals surface area contributed by atoms with E-state index in [1.54, 1.807) is 60.7 Å². The molecule has 1 heterocycles. The average Bonchev–Trinajstić information content (AvgIpc) is 3.18. The SMILES string of the molecule is COc1ccccc1C1/C(=C(\O)c2ccc3ccccc3c2)C(=O)C(=O)N1c1ccc(NC(C)=O)cc1. The van der Waals surface area contributed by atoms with Gasteiger partial charge >= 0.3 is 0 Å². The van der Waals surface area contributed by atoms with Crippen molar-refractivity contribution in [1.82, 2.24) is 0 Å². The van der Waals surface area contributed by atoms with Gasteiger partial charge in [0.05, 0.1) is 18.7 Å². The first-order valence-electron chi connectivity index (χ1n) is 11.7. The predicted octanol–water partition coefficient (Wildman–Crippen LogP) is 5.43. The van der Waals surface area contributed by atoms with Crippen molar-refractivity contribution < 1.29 is 24.2 Å². The van der Waals surface area contributed by atoms with Crippen LogP contribution in [0.1, 0.15) is 24.1 Å². The Labute approximate surface area is 213 Å². The second-order valence-electron chi connectivity index (χ2n) is 8.70. The highest BCUT2D eigenvalue weighted by atomic mass is 16.5. The zero-order valence-corrected chi connectivity index (χ0v) is 20.3. The van der Waals surface area contributed by atoms with E-state index in [2.05, 4.69) is 5.32 Å². The largest absolute Gasteiger partial charge is 0.507 e. The van der Waals surface area contributed by atoms with Crippen LogP contribution in [0, 0.1) is 0 Å². The molecule has 1 saturated heterocycles. The first-order valence-corrected chi connectivity index (χ1v) is 11.7. The lowest BCUT2D eigenvalue weighted by atomic mass is 9.93. The number of rotatable bonds is 5. The Morgan fingerprint density at radius 1 is 0.892 bits per heavy atom. The standard InChI is InChI=1S/C30H24N2O5/c1-18(33)31-22-13-15-23(16-14-22)32-27(24-9-5-6-10-25(24)37-2)26(29(35)30(32)36)28(34)21-12-11-19-7-3-4-8-20(19)17-21/h3-17,27,34H,1-2H3,(H,31,33)/b28-26+. The second kappa shape index (κ2) is 9.62. The van der Waals surface area contributed by atoms with Gasteiger partial charge in [0.15, 0.2) is 0 Å². The van der Waals surface area contributed by atoms with Crippen molar-refractivity contribution in [2.45, 2.75) is 13.0 Å². The maximum absolute atomic E-state index is 13.5. The molecule has 0 bridgehead atoms. The molecule has 0 spiro atoms. The number of amides is 2. The van der Waals surface area contributed by atoms with Gasteiger partial charge in [-0.3, -0.25) is 19.3 Å². The smallest absolute Gasteiger partial charge is 0.300 e. The highest BCUT2D eigenvalue weighted by Crippen LogP contribution is 2.45. The van der Waals surface area contributed by atoms with E-state index in [0.717, 1.165) is 10.8 Å². The Hall–Kier alpha value is -4.91. The minimum Gasteiger partial charge on any atom is -0.507 e. The third kappa shape index (κ3) is 4.31. The van der Waals surface area contributed by atoms with Crippen molar-refractivity contribution >= 4 is 45.5 Å². The van der Waals surface area contributed by atoms with Crippen LogP contribution in [0.3, 0.4) is 0 Å². The van der Waals surface area contributed by atoms with E-state index in [9.17, 15) is 19.5 Å². The van der Waals surface area contributed by atoms with Crippen LogP contribution < -0.4 is 15.0 Å². The third-order valence-corrected chi connectivity index (χ3v) is 6.37. The van der Waals surface area contributed by atoms with Crippen molar-refractivity contribution in [3.63, 3.8) is 0 Å². The maximum Gasteiger partial charge on any atom is 0.300 e. The van der Waals surface area contributed by atoms with Crippen LogP contribution in [-0.2, 0) is 14.4 Å². The molecular formula is C30H24N2O5. The van der Waals surface area contributed by atoms with Crippen molar-refractivity contribution in [2.75, 3.05) is 17.3 Å². The fourth-order valence-electron chi connectivity index (χ4n) is 4.69. The molecule has 1 aliphatic rings. The molecule has 1 unspecified atom stereocenters. The van der Waals surface area contributed by atoms with E-state index < -0.39 is 17.7 Å². The van der Waals surface area contributed by atoms with Crippen molar-refractivity contribution in [3.8, 4) is 5.75 Å². The van der Waals surface area contributed by atoms with Crippen LogP contribution in [0.4, 0.5) is 11.4 Å². The van der Waals surface area contributed by atoms with Gasteiger partial charge in [0.25, 0.3) is 11.7 Å². The topological polar surface area (TPSA) is 95.9 Å². The van der Waals surface area contributed by atoms with Crippen LogP contribution in [0.5, 0.6) is 5.75 Å². The zero-order valence-electron chi connectivity index (χ0n) is 20.3. The van der Waals surface area contributed by atoms with Crippen LogP contribution >= 0.6 is 0 Å². The fraction of sp³-hybridized carbons (Fsp3) is 0.100. The normalized spacial score (nSPS) is 16.7. The molecule has 2 N–H and O–H groups in total. The number of ketones is 1. The molecule has 1 atom stereocenters. The number of anilines is 2. The number of aliphatic hydroxyl groups is 1. The molecule has 0 aliphatic carbocycles. The van der Waals surface area contributed by atoms with Gasteiger partial charge < -0.3 is 15.2 Å². The lowest BCUT2D eigenvalue weighted by Gasteiger charge is -2.26. The number of ether oxygens (including phenoxy) is 1. The summed E-state index contributed by atoms with van der Waals surface area (Å²) in [5.41, 5.74) is 1.94. The maximum atomic E-state index is 13.5. The van der Waals surface area contributed by atoms with Gasteiger partial charge in [-0.1, -0.05) is 54.6 Å². The Morgan fingerprint density at radius 2 is 1.57 bits per heavy atom. The minimum atomic E-state index is -0.936. The van der Waals surface area contributed by atoms with E-state index >= 15 is 0 Å². The lowest BCUT2D eigenvalue weighted by Crippen LogP contribution is -2.29. The third-order valence-electron chi connectivity index (χ3n) is 6.37. The predicted molar refractivity (Wildman–Crippen MR) is 142 cm³/mol. The van der Waals surface area contributed by atoms with Gasteiger partial charge in [-0.25, -0.2) is 0 Å². The number of carbonyl (C=O) groups excluding carboxylic acids is 3. The Bertz CT molecular complexity index is 1570. The molecule has 184 valence electrons. The number of methoxy groups -OCH3 is 1. The van der Waals surface area contributed by atoms with Crippen molar-refractivity contribution in [3.05, 3.63) is 108 Å². The Kier molecular flexibility index (Phi) is 6.19. The Balaban J connectivity index is 1.70. The molecular weight excluding hydrogens is 468 g/mol. The molecule has 1 fully saturated rings. The first-order chi connectivity index (χ1) is 17.9. The van der Waals surface area contributed by atoms with E-state index in [4.69, 9.17) is 4.74 Å². The van der Waals surface area contributed by atoms with E-state index in [1.165, 1.54) is 18.9 Å². The van der Waals surface area contributed by atoms with Crippen LogP contribution in [0.25, 0.3) is 16.5 Å².